The van der Waals surface area contributed by atoms with Gasteiger partial charge in [-0.2, -0.15) is 10.2 Å². The molecule has 4 N–H and O–H groups in total. The molecule has 0 radical (unpaired) electrons. The second-order valence-corrected chi connectivity index (χ2v) is 5.89. The van der Waals surface area contributed by atoms with E-state index in [0.717, 1.165) is 17.5 Å². The Morgan fingerprint density at radius 1 is 1.33 bits per heavy atom. The first-order chi connectivity index (χ1) is 13.0. The zero-order valence-electron chi connectivity index (χ0n) is 14.2. The fourth-order valence-electron chi connectivity index (χ4n) is 2.89. The number of nitrogens with zero attached hydrogens (tertiary/aromatic N) is 5. The van der Waals surface area contributed by atoms with Crippen LogP contribution < -0.4 is 16.5 Å². The average molecular weight is 366 g/mol. The highest BCUT2D eigenvalue weighted by atomic mass is 19.1. The molecular formula is C17H15FN8O. The van der Waals surface area contributed by atoms with Crippen molar-refractivity contribution in [2.45, 2.75) is 13.1 Å². The minimum absolute atomic E-state index is 0.181. The van der Waals surface area contributed by atoms with Crippen molar-refractivity contribution in [1.29, 1.82) is 0 Å². The van der Waals surface area contributed by atoms with Crippen LogP contribution in [0.4, 0.5) is 10.1 Å². The second kappa shape index (κ2) is 6.67. The van der Waals surface area contributed by atoms with Crippen LogP contribution in [0.5, 0.6) is 0 Å². The van der Waals surface area contributed by atoms with Crippen molar-refractivity contribution < 1.29 is 9.18 Å². The van der Waals surface area contributed by atoms with Gasteiger partial charge in [0.15, 0.2) is 11.6 Å². The predicted molar refractivity (Wildman–Crippen MR) is 96.3 cm³/mol. The first-order valence-electron chi connectivity index (χ1n) is 8.05. The lowest BCUT2D eigenvalue weighted by molar-refractivity contribution is -0.113. The van der Waals surface area contributed by atoms with Crippen LogP contribution in [-0.4, -0.2) is 38.5 Å². The lowest BCUT2D eigenvalue weighted by atomic mass is 10.1. The van der Waals surface area contributed by atoms with Gasteiger partial charge in [-0.05, 0) is 13.0 Å². The number of pyridine rings is 1. The first kappa shape index (κ1) is 16.9. The SMILES string of the molecule is Cc1ncccc1-c1cnncc1NC(=O)C1=C2N=CC(F)=CN2NC1N. The number of nitrogens with two attached hydrogens (primary N) is 1. The summed E-state index contributed by atoms with van der Waals surface area (Å²) in [6.45, 7) is 1.86. The Morgan fingerprint density at radius 3 is 2.96 bits per heavy atom. The molecule has 2 aliphatic heterocycles. The largest absolute Gasteiger partial charge is 0.320 e. The van der Waals surface area contributed by atoms with Crippen molar-refractivity contribution in [1.82, 2.24) is 25.6 Å². The fraction of sp³-hybridized carbons (Fsp3) is 0.118. The Balaban J connectivity index is 1.68. The summed E-state index contributed by atoms with van der Waals surface area (Å²) in [6.07, 6.45) is 6.04. The lowest BCUT2D eigenvalue weighted by Crippen LogP contribution is -2.42. The molecule has 2 aromatic rings. The molecule has 2 aliphatic rings. The standard InChI is InChI=1S/C17H15FN8O/c1-9-11(3-2-4-20-9)12-6-22-23-7-13(12)24-17(27)14-15(19)25-26-8-10(18)5-21-16(14)26/h2-8,15,25H,19H2,1H3,(H,22,24,27). The molecule has 2 aromatic heterocycles. The molecule has 1 unspecified atom stereocenters. The molecule has 9 nitrogen and oxygen atoms in total. The highest BCUT2D eigenvalue weighted by Gasteiger charge is 2.34. The quantitative estimate of drug-likeness (QED) is 0.741. The van der Waals surface area contributed by atoms with Crippen LogP contribution >= 0.6 is 0 Å². The molecule has 136 valence electrons. The zero-order chi connectivity index (χ0) is 19.0. The molecule has 0 aromatic carbocycles. The third kappa shape index (κ3) is 3.07. The molecule has 0 saturated heterocycles. The predicted octanol–water partition coefficient (Wildman–Crippen LogP) is 0.997. The van der Waals surface area contributed by atoms with Crippen LogP contribution in [0.15, 0.2) is 59.1 Å². The van der Waals surface area contributed by atoms with Crippen molar-refractivity contribution >= 4 is 17.8 Å². The number of aromatic nitrogens is 3. The average Bonchev–Trinajstić information content (AvgIpc) is 2.97. The molecule has 10 heteroatoms. The number of fused-ring (bicyclic) bond motifs is 1. The second-order valence-electron chi connectivity index (χ2n) is 5.89. The summed E-state index contributed by atoms with van der Waals surface area (Å²) in [5, 5.41) is 11.8. The minimum atomic E-state index is -0.835. The summed E-state index contributed by atoms with van der Waals surface area (Å²) in [4.78, 5) is 21.1. The van der Waals surface area contributed by atoms with E-state index in [2.05, 4.69) is 30.9 Å². The number of amides is 1. The molecule has 0 aliphatic carbocycles. The van der Waals surface area contributed by atoms with E-state index < -0.39 is 17.9 Å². The van der Waals surface area contributed by atoms with Gasteiger partial charge in [-0.15, -0.1) is 0 Å². The highest BCUT2D eigenvalue weighted by Crippen LogP contribution is 2.30. The van der Waals surface area contributed by atoms with Crippen LogP contribution in [-0.2, 0) is 4.79 Å². The third-order valence-electron chi connectivity index (χ3n) is 4.14. The monoisotopic (exact) mass is 366 g/mol. The van der Waals surface area contributed by atoms with Gasteiger partial charge in [-0.25, -0.2) is 14.8 Å². The van der Waals surface area contributed by atoms with Gasteiger partial charge < -0.3 is 11.1 Å². The normalized spacial score (nSPS) is 18.4. The van der Waals surface area contributed by atoms with E-state index >= 15 is 0 Å². The number of carbonyl (C=O) groups is 1. The summed E-state index contributed by atoms with van der Waals surface area (Å²) in [5.41, 5.74) is 11.6. The number of carbonyl (C=O) groups excluding carboxylic acids is 1. The van der Waals surface area contributed by atoms with Crippen molar-refractivity contribution in [3.63, 3.8) is 0 Å². The Hall–Kier alpha value is -3.50. The van der Waals surface area contributed by atoms with Crippen molar-refractivity contribution in [3.8, 4) is 11.1 Å². The number of halogens is 1. The van der Waals surface area contributed by atoms with E-state index in [4.69, 9.17) is 5.73 Å². The maximum Gasteiger partial charge on any atom is 0.258 e. The molecule has 27 heavy (non-hydrogen) atoms. The van der Waals surface area contributed by atoms with Crippen LogP contribution in [0.3, 0.4) is 0 Å². The summed E-state index contributed by atoms with van der Waals surface area (Å²) in [6, 6.07) is 3.67. The van der Waals surface area contributed by atoms with Crippen molar-refractivity contribution in [2.75, 3.05) is 5.32 Å². The van der Waals surface area contributed by atoms with Gasteiger partial charge in [0, 0.05) is 23.0 Å². The topological polar surface area (TPSA) is 121 Å². The number of aryl methyl sites for hydroxylation is 1. The number of hydrazine groups is 1. The number of nitrogens with one attached hydrogen (secondary N) is 2. The number of hydrogen-bond acceptors (Lipinski definition) is 8. The van der Waals surface area contributed by atoms with Gasteiger partial charge in [0.1, 0.15) is 6.17 Å². The fourth-order valence-corrected chi connectivity index (χ4v) is 2.89. The van der Waals surface area contributed by atoms with Gasteiger partial charge in [0.25, 0.3) is 5.91 Å². The van der Waals surface area contributed by atoms with Gasteiger partial charge in [-0.3, -0.25) is 14.8 Å². The molecule has 0 fully saturated rings. The maximum absolute atomic E-state index is 13.3. The van der Waals surface area contributed by atoms with E-state index in [0.29, 0.717) is 11.3 Å². The van der Waals surface area contributed by atoms with Gasteiger partial charge in [0.05, 0.1) is 36.1 Å². The van der Waals surface area contributed by atoms with E-state index in [1.807, 2.05) is 13.0 Å². The molecule has 4 heterocycles. The van der Waals surface area contributed by atoms with Gasteiger partial charge >= 0.3 is 0 Å². The summed E-state index contributed by atoms with van der Waals surface area (Å²) >= 11 is 0. The van der Waals surface area contributed by atoms with E-state index in [1.165, 1.54) is 17.4 Å². The van der Waals surface area contributed by atoms with Crippen LogP contribution in [0, 0.1) is 6.92 Å². The Bertz CT molecular complexity index is 1020. The number of rotatable bonds is 3. The molecule has 1 atom stereocenters. The van der Waals surface area contributed by atoms with E-state index in [-0.39, 0.29) is 11.4 Å². The number of aliphatic imine (C=N–C) groups is 1. The molecule has 0 bridgehead atoms. The summed E-state index contributed by atoms with van der Waals surface area (Å²) in [5.74, 6) is -0.786. The highest BCUT2D eigenvalue weighted by molar-refractivity contribution is 6.07. The summed E-state index contributed by atoms with van der Waals surface area (Å²) < 4.78 is 13.3. The van der Waals surface area contributed by atoms with Gasteiger partial charge in [-0.1, -0.05) is 6.07 Å². The lowest BCUT2D eigenvalue weighted by Gasteiger charge is -2.17. The van der Waals surface area contributed by atoms with Crippen LogP contribution in [0.2, 0.25) is 0 Å². The van der Waals surface area contributed by atoms with E-state index in [1.54, 1.807) is 18.5 Å². The van der Waals surface area contributed by atoms with Gasteiger partial charge in [0.2, 0.25) is 0 Å². The zero-order valence-corrected chi connectivity index (χ0v) is 14.2. The summed E-state index contributed by atoms with van der Waals surface area (Å²) in [7, 11) is 0. The Morgan fingerprint density at radius 2 is 2.15 bits per heavy atom. The molecule has 0 saturated carbocycles. The smallest absolute Gasteiger partial charge is 0.258 e. The van der Waals surface area contributed by atoms with Crippen LogP contribution in [0.25, 0.3) is 11.1 Å². The van der Waals surface area contributed by atoms with Crippen LogP contribution in [0.1, 0.15) is 5.69 Å². The van der Waals surface area contributed by atoms with Crippen molar-refractivity contribution in [2.24, 2.45) is 10.7 Å². The minimum Gasteiger partial charge on any atom is -0.320 e. The van der Waals surface area contributed by atoms with E-state index in [9.17, 15) is 9.18 Å². The maximum atomic E-state index is 13.3. The molecular weight excluding hydrogens is 351 g/mol. The third-order valence-corrected chi connectivity index (χ3v) is 4.14. The molecule has 0 spiro atoms. The number of hydrogen-bond donors (Lipinski definition) is 3. The Labute approximate surface area is 153 Å². The Kier molecular flexibility index (Phi) is 4.18. The first-order valence-corrected chi connectivity index (χ1v) is 8.05. The molecule has 4 rings (SSSR count). The van der Waals surface area contributed by atoms with Crippen molar-refractivity contribution in [3.05, 3.63) is 59.8 Å². The number of allylic oxidation sites excluding steroid dienone is 1. The molecule has 1 amide bonds. The number of anilines is 1.